The molecule has 2 aliphatic heterocycles. The fraction of sp³-hybridized carbons (Fsp3) is 0.158. The molecular weight excluding hydrogens is 611 g/mol. The highest BCUT2D eigenvalue weighted by Gasteiger charge is 2.22. The van der Waals surface area contributed by atoms with Gasteiger partial charge in [0.15, 0.2) is 0 Å². The van der Waals surface area contributed by atoms with Gasteiger partial charge in [0.05, 0.1) is 10.0 Å². The second kappa shape index (κ2) is 12.2. The molecule has 0 unspecified atom stereocenters. The zero-order chi connectivity index (χ0) is 31.0. The highest BCUT2D eigenvalue weighted by Crippen LogP contribution is 2.43. The Labute approximate surface area is 278 Å². The van der Waals surface area contributed by atoms with Crippen molar-refractivity contribution in [2.24, 2.45) is 0 Å². The van der Waals surface area contributed by atoms with Crippen LogP contribution in [0, 0.1) is 0 Å². The van der Waals surface area contributed by atoms with Gasteiger partial charge in [0.25, 0.3) is 0 Å². The Kier molecular flexibility index (Phi) is 7.60. The first kappa shape index (κ1) is 28.7. The number of hydrogen-bond acceptors (Lipinski definition) is 6. The molecule has 0 bridgehead atoms. The smallest absolute Gasteiger partial charge is 0.225 e. The molecule has 8 heteroatoms. The van der Waals surface area contributed by atoms with Crippen molar-refractivity contribution in [3.05, 3.63) is 142 Å². The van der Waals surface area contributed by atoms with Gasteiger partial charge in [0, 0.05) is 73.2 Å². The number of halogens is 2. The standard InChI is InChI=1S/C38H30Cl2N6/c39-35-31(27-9-11-29-23-45(19-13-25(29)21-27)37-41-15-3-16-42-37)5-1-7-33(35)34-8-2-6-32(36(34)40)28-10-12-30-24-46(20-14-26(30)22-28)38-43-17-4-18-44-38/h1-12,15-18,21-22H,13-14,19-20,23-24H2. The molecule has 2 aliphatic rings. The molecule has 0 amide bonds. The SMILES string of the molecule is Clc1c(-c2ccc3c(c2)CCN(c2ncccn2)C3)cccc1-c1cccc(-c2ccc3c(c2)CCN(c2ncccn2)C3)c1Cl. The molecule has 0 radical (unpaired) electrons. The van der Waals surface area contributed by atoms with Crippen LogP contribution >= 0.6 is 23.2 Å². The number of aromatic nitrogens is 4. The van der Waals surface area contributed by atoms with Gasteiger partial charge in [-0.2, -0.15) is 0 Å². The number of nitrogens with zero attached hydrogens (tertiary/aromatic N) is 6. The van der Waals surface area contributed by atoms with E-state index in [0.717, 1.165) is 84.3 Å². The summed E-state index contributed by atoms with van der Waals surface area (Å²) in [6.45, 7) is 3.33. The normalized spacial score (nSPS) is 14.1. The Morgan fingerprint density at radius 3 is 1.30 bits per heavy atom. The maximum atomic E-state index is 7.20. The van der Waals surface area contributed by atoms with Gasteiger partial charge in [-0.25, -0.2) is 19.9 Å². The van der Waals surface area contributed by atoms with Gasteiger partial charge < -0.3 is 9.80 Å². The summed E-state index contributed by atoms with van der Waals surface area (Å²) < 4.78 is 0. The van der Waals surface area contributed by atoms with Crippen molar-refractivity contribution in [2.75, 3.05) is 22.9 Å². The van der Waals surface area contributed by atoms with Crippen LogP contribution in [0.25, 0.3) is 33.4 Å². The summed E-state index contributed by atoms with van der Waals surface area (Å²) >= 11 is 14.4. The molecule has 4 heterocycles. The molecule has 0 fully saturated rings. The molecule has 0 spiro atoms. The molecule has 0 atom stereocenters. The Hall–Kier alpha value is -4.78. The summed E-state index contributed by atoms with van der Waals surface area (Å²) in [5.74, 6) is 1.54. The molecule has 2 aromatic heterocycles. The fourth-order valence-corrected chi connectivity index (χ4v) is 7.29. The molecular formula is C38H30Cl2N6. The van der Waals surface area contributed by atoms with Crippen molar-refractivity contribution < 1.29 is 0 Å². The number of benzene rings is 4. The van der Waals surface area contributed by atoms with Crippen molar-refractivity contribution in [1.29, 1.82) is 0 Å². The third-order valence-corrected chi connectivity index (χ3v) is 9.83. The van der Waals surface area contributed by atoms with Gasteiger partial charge in [-0.15, -0.1) is 0 Å². The van der Waals surface area contributed by atoms with E-state index >= 15 is 0 Å². The van der Waals surface area contributed by atoms with E-state index in [2.05, 4.69) is 103 Å². The lowest BCUT2D eigenvalue weighted by Crippen LogP contribution is -2.31. The molecule has 0 N–H and O–H groups in total. The predicted molar refractivity (Wildman–Crippen MR) is 186 cm³/mol. The summed E-state index contributed by atoms with van der Waals surface area (Å²) in [6, 6.07) is 29.4. The quantitative estimate of drug-likeness (QED) is 0.188. The van der Waals surface area contributed by atoms with Crippen LogP contribution in [0.4, 0.5) is 11.9 Å². The van der Waals surface area contributed by atoms with Crippen LogP contribution in [0.3, 0.4) is 0 Å². The summed E-state index contributed by atoms with van der Waals surface area (Å²) in [4.78, 5) is 22.2. The fourth-order valence-electron chi connectivity index (χ4n) is 6.62. The lowest BCUT2D eigenvalue weighted by molar-refractivity contribution is 0.708. The first-order chi connectivity index (χ1) is 22.6. The predicted octanol–water partition coefficient (Wildman–Crippen LogP) is 8.70. The summed E-state index contributed by atoms with van der Waals surface area (Å²) in [5, 5.41) is 1.40. The highest BCUT2D eigenvalue weighted by atomic mass is 35.5. The zero-order valence-corrected chi connectivity index (χ0v) is 26.6. The lowest BCUT2D eigenvalue weighted by Gasteiger charge is -2.29. The van der Waals surface area contributed by atoms with E-state index in [1.165, 1.54) is 22.3 Å². The molecule has 6 nitrogen and oxygen atoms in total. The molecule has 0 saturated carbocycles. The van der Waals surface area contributed by atoms with Crippen molar-refractivity contribution in [3.63, 3.8) is 0 Å². The average Bonchev–Trinajstić information content (AvgIpc) is 3.12. The minimum absolute atomic E-state index is 0.699. The Morgan fingerprint density at radius 1 is 0.457 bits per heavy atom. The van der Waals surface area contributed by atoms with E-state index in [0.29, 0.717) is 10.0 Å². The molecule has 46 heavy (non-hydrogen) atoms. The second-order valence-corrected chi connectivity index (χ2v) is 12.5. The van der Waals surface area contributed by atoms with Gasteiger partial charge >= 0.3 is 0 Å². The first-order valence-corrected chi connectivity index (χ1v) is 16.2. The minimum Gasteiger partial charge on any atom is -0.336 e. The van der Waals surface area contributed by atoms with Crippen molar-refractivity contribution in [1.82, 2.24) is 19.9 Å². The van der Waals surface area contributed by atoms with E-state index in [1.807, 2.05) is 12.1 Å². The Balaban J connectivity index is 1.07. The molecule has 0 saturated heterocycles. The molecule has 6 aromatic rings. The maximum Gasteiger partial charge on any atom is 0.225 e. The van der Waals surface area contributed by atoms with Gasteiger partial charge in [-0.05, 0) is 58.4 Å². The minimum atomic E-state index is 0.699. The highest BCUT2D eigenvalue weighted by molar-refractivity contribution is 6.39. The third kappa shape index (κ3) is 5.38. The maximum absolute atomic E-state index is 7.20. The van der Waals surface area contributed by atoms with Crippen molar-refractivity contribution >= 4 is 35.1 Å². The molecule has 226 valence electrons. The Morgan fingerprint density at radius 2 is 0.870 bits per heavy atom. The number of fused-ring (bicyclic) bond motifs is 2. The zero-order valence-electron chi connectivity index (χ0n) is 25.1. The van der Waals surface area contributed by atoms with E-state index in [1.54, 1.807) is 24.8 Å². The number of anilines is 2. The molecule has 8 rings (SSSR count). The van der Waals surface area contributed by atoms with Gasteiger partial charge in [-0.1, -0.05) is 96.0 Å². The van der Waals surface area contributed by atoms with Crippen LogP contribution in [-0.4, -0.2) is 33.0 Å². The summed E-state index contributed by atoms with van der Waals surface area (Å²) in [6.07, 6.45) is 9.01. The first-order valence-electron chi connectivity index (χ1n) is 15.5. The van der Waals surface area contributed by atoms with Crippen LogP contribution in [0.1, 0.15) is 22.3 Å². The van der Waals surface area contributed by atoms with Crippen molar-refractivity contribution in [3.8, 4) is 33.4 Å². The monoisotopic (exact) mass is 640 g/mol. The van der Waals surface area contributed by atoms with Crippen molar-refractivity contribution in [2.45, 2.75) is 25.9 Å². The van der Waals surface area contributed by atoms with Gasteiger partial charge in [0.2, 0.25) is 11.9 Å². The third-order valence-electron chi connectivity index (χ3n) is 9.02. The van der Waals surface area contributed by atoms with E-state index in [4.69, 9.17) is 23.2 Å². The summed E-state index contributed by atoms with van der Waals surface area (Å²) in [7, 11) is 0. The number of hydrogen-bond donors (Lipinski definition) is 0. The van der Waals surface area contributed by atoms with Gasteiger partial charge in [0.1, 0.15) is 0 Å². The van der Waals surface area contributed by atoms with Crippen LogP contribution in [-0.2, 0) is 25.9 Å². The van der Waals surface area contributed by atoms with E-state index < -0.39 is 0 Å². The van der Waals surface area contributed by atoms with Crippen LogP contribution in [0.15, 0.2) is 110 Å². The summed E-state index contributed by atoms with van der Waals surface area (Å²) in [5.41, 5.74) is 11.3. The molecule has 0 aliphatic carbocycles. The number of rotatable bonds is 5. The second-order valence-electron chi connectivity index (χ2n) is 11.7. The lowest BCUT2D eigenvalue weighted by atomic mass is 9.91. The topological polar surface area (TPSA) is 58.0 Å². The van der Waals surface area contributed by atoms with Gasteiger partial charge in [-0.3, -0.25) is 0 Å². The molecule has 4 aromatic carbocycles. The van der Waals surface area contributed by atoms with E-state index in [-0.39, 0.29) is 0 Å². The Bertz CT molecular complexity index is 1900. The van der Waals surface area contributed by atoms with Crippen LogP contribution in [0.5, 0.6) is 0 Å². The largest absolute Gasteiger partial charge is 0.336 e. The van der Waals surface area contributed by atoms with Crippen LogP contribution in [0.2, 0.25) is 10.0 Å². The van der Waals surface area contributed by atoms with Crippen LogP contribution < -0.4 is 9.80 Å². The van der Waals surface area contributed by atoms with E-state index in [9.17, 15) is 0 Å². The average molecular weight is 642 g/mol.